The molecule has 0 radical (unpaired) electrons. The minimum atomic E-state index is -0.498. The van der Waals surface area contributed by atoms with E-state index in [1.54, 1.807) is 18.3 Å². The number of rotatable bonds is 2. The molecule has 2 heterocycles. The summed E-state index contributed by atoms with van der Waals surface area (Å²) in [6.45, 7) is 0. The van der Waals surface area contributed by atoms with Gasteiger partial charge in [0.15, 0.2) is 11.0 Å². The summed E-state index contributed by atoms with van der Waals surface area (Å²) in [5, 5.41) is 4.62. The molecule has 106 valence electrons. The predicted molar refractivity (Wildman–Crippen MR) is 79.8 cm³/mol. The average molecular weight is 304 g/mol. The van der Waals surface area contributed by atoms with Crippen molar-refractivity contribution in [1.29, 1.82) is 0 Å². The van der Waals surface area contributed by atoms with Crippen LogP contribution in [0, 0.1) is 11.6 Å². The molecule has 7 heteroatoms. The van der Waals surface area contributed by atoms with Gasteiger partial charge in [-0.3, -0.25) is 5.43 Å². The Kier molecular flexibility index (Phi) is 3.92. The van der Waals surface area contributed by atoms with E-state index in [4.69, 9.17) is 0 Å². The molecule has 3 rings (SSSR count). The van der Waals surface area contributed by atoms with Gasteiger partial charge in [-0.1, -0.05) is 17.8 Å². The highest BCUT2D eigenvalue weighted by molar-refractivity contribution is 8.14. The number of hydrogen-bond donors (Lipinski definition) is 1. The third-order valence-corrected chi connectivity index (χ3v) is 3.61. The Hall–Kier alpha value is -2.28. The Labute approximate surface area is 124 Å². The normalized spacial score (nSPS) is 16.5. The minimum absolute atomic E-state index is 0.159. The predicted octanol–water partition coefficient (Wildman–Crippen LogP) is 3.09. The zero-order valence-electron chi connectivity index (χ0n) is 10.8. The van der Waals surface area contributed by atoms with Crippen LogP contribution >= 0.6 is 11.8 Å². The van der Waals surface area contributed by atoms with Gasteiger partial charge in [-0.25, -0.2) is 18.8 Å². The van der Waals surface area contributed by atoms with E-state index in [0.717, 1.165) is 18.2 Å². The van der Waals surface area contributed by atoms with Gasteiger partial charge in [0.2, 0.25) is 0 Å². The SMILES string of the molecule is Fc1ccc(F)c(C2=NN/C(=N/c3ccccn3)SC2)c1. The Morgan fingerprint density at radius 1 is 1.19 bits per heavy atom. The summed E-state index contributed by atoms with van der Waals surface area (Å²) in [6, 6.07) is 8.70. The molecule has 0 amide bonds. The topological polar surface area (TPSA) is 49.6 Å². The molecule has 1 N–H and O–H groups in total. The van der Waals surface area contributed by atoms with Gasteiger partial charge >= 0.3 is 0 Å². The fourth-order valence-electron chi connectivity index (χ4n) is 1.75. The summed E-state index contributed by atoms with van der Waals surface area (Å²) in [5.41, 5.74) is 3.34. The molecule has 0 bridgehead atoms. The number of pyridine rings is 1. The Balaban J connectivity index is 1.81. The zero-order chi connectivity index (χ0) is 14.7. The molecule has 1 aliphatic rings. The van der Waals surface area contributed by atoms with E-state index in [-0.39, 0.29) is 5.56 Å². The molecule has 0 saturated heterocycles. The number of hydrogen-bond acceptors (Lipinski definition) is 4. The highest BCUT2D eigenvalue weighted by Crippen LogP contribution is 2.19. The van der Waals surface area contributed by atoms with E-state index in [9.17, 15) is 8.78 Å². The van der Waals surface area contributed by atoms with Crippen LogP contribution in [0.2, 0.25) is 0 Å². The summed E-state index contributed by atoms with van der Waals surface area (Å²) < 4.78 is 26.9. The number of hydrazone groups is 1. The van der Waals surface area contributed by atoms with Crippen molar-refractivity contribution in [3.05, 3.63) is 59.8 Å². The molecule has 21 heavy (non-hydrogen) atoms. The van der Waals surface area contributed by atoms with Crippen molar-refractivity contribution in [3.8, 4) is 0 Å². The van der Waals surface area contributed by atoms with E-state index in [1.165, 1.54) is 11.8 Å². The third kappa shape index (κ3) is 3.25. The van der Waals surface area contributed by atoms with Gasteiger partial charge in [-0.2, -0.15) is 5.10 Å². The molecule has 0 fully saturated rings. The second-order valence-corrected chi connectivity index (χ2v) is 5.15. The van der Waals surface area contributed by atoms with Gasteiger partial charge in [0, 0.05) is 17.5 Å². The zero-order valence-corrected chi connectivity index (χ0v) is 11.6. The smallest absolute Gasteiger partial charge is 0.184 e. The number of aromatic nitrogens is 1. The monoisotopic (exact) mass is 304 g/mol. The molecule has 1 aromatic heterocycles. The number of thioether (sulfide) groups is 1. The molecular formula is C14H10F2N4S. The first-order valence-electron chi connectivity index (χ1n) is 6.13. The van der Waals surface area contributed by atoms with Crippen molar-refractivity contribution >= 4 is 28.5 Å². The van der Waals surface area contributed by atoms with E-state index in [0.29, 0.717) is 22.5 Å². The van der Waals surface area contributed by atoms with Gasteiger partial charge in [0.05, 0.1) is 5.71 Å². The van der Waals surface area contributed by atoms with Crippen molar-refractivity contribution in [2.75, 3.05) is 5.75 Å². The van der Waals surface area contributed by atoms with Crippen LogP contribution in [0.4, 0.5) is 14.6 Å². The first kappa shape index (κ1) is 13.7. The molecule has 1 aromatic carbocycles. The van der Waals surface area contributed by atoms with E-state index in [1.807, 2.05) is 6.07 Å². The average Bonchev–Trinajstić information content (AvgIpc) is 2.52. The maximum Gasteiger partial charge on any atom is 0.184 e. The lowest BCUT2D eigenvalue weighted by atomic mass is 10.1. The first-order chi connectivity index (χ1) is 10.2. The lowest BCUT2D eigenvalue weighted by Gasteiger charge is -2.15. The van der Waals surface area contributed by atoms with Gasteiger partial charge in [-0.15, -0.1) is 0 Å². The van der Waals surface area contributed by atoms with Crippen molar-refractivity contribution in [1.82, 2.24) is 10.4 Å². The minimum Gasteiger partial charge on any atom is -0.255 e. The second kappa shape index (κ2) is 6.01. The van der Waals surface area contributed by atoms with Gasteiger partial charge in [0.1, 0.15) is 11.6 Å². The lowest BCUT2D eigenvalue weighted by Crippen LogP contribution is -2.25. The van der Waals surface area contributed by atoms with Crippen LogP contribution in [0.25, 0.3) is 0 Å². The Morgan fingerprint density at radius 3 is 2.81 bits per heavy atom. The van der Waals surface area contributed by atoms with Crippen LogP contribution in [0.15, 0.2) is 52.7 Å². The van der Waals surface area contributed by atoms with Crippen molar-refractivity contribution < 1.29 is 8.78 Å². The van der Waals surface area contributed by atoms with E-state index < -0.39 is 11.6 Å². The standard InChI is InChI=1S/C14H10F2N4S/c15-9-4-5-11(16)10(7-9)12-8-21-14(20-19-12)18-13-3-1-2-6-17-13/h1-7H,8H2,(H,17,18,20). The van der Waals surface area contributed by atoms with E-state index in [2.05, 4.69) is 20.5 Å². The van der Waals surface area contributed by atoms with Gasteiger partial charge in [0.25, 0.3) is 0 Å². The Morgan fingerprint density at radius 2 is 2.10 bits per heavy atom. The van der Waals surface area contributed by atoms with Crippen LogP contribution in [-0.4, -0.2) is 21.6 Å². The molecular weight excluding hydrogens is 294 g/mol. The van der Waals surface area contributed by atoms with Crippen LogP contribution in [0.3, 0.4) is 0 Å². The summed E-state index contributed by atoms with van der Waals surface area (Å²) in [7, 11) is 0. The largest absolute Gasteiger partial charge is 0.255 e. The maximum absolute atomic E-state index is 13.7. The van der Waals surface area contributed by atoms with Crippen molar-refractivity contribution in [2.45, 2.75) is 0 Å². The van der Waals surface area contributed by atoms with Crippen LogP contribution in [0.1, 0.15) is 5.56 Å². The van der Waals surface area contributed by atoms with Crippen LogP contribution in [-0.2, 0) is 0 Å². The lowest BCUT2D eigenvalue weighted by molar-refractivity contribution is 0.598. The molecule has 0 aliphatic carbocycles. The molecule has 1 aliphatic heterocycles. The van der Waals surface area contributed by atoms with Crippen LogP contribution in [0.5, 0.6) is 0 Å². The molecule has 0 unspecified atom stereocenters. The highest BCUT2D eigenvalue weighted by atomic mass is 32.2. The third-order valence-electron chi connectivity index (χ3n) is 2.74. The number of nitrogens with one attached hydrogen (secondary N) is 1. The highest BCUT2D eigenvalue weighted by Gasteiger charge is 2.17. The molecule has 0 atom stereocenters. The summed E-state index contributed by atoms with van der Waals surface area (Å²) in [4.78, 5) is 8.35. The van der Waals surface area contributed by atoms with Gasteiger partial charge < -0.3 is 0 Å². The number of amidine groups is 1. The quantitative estimate of drug-likeness (QED) is 0.927. The Bertz CT molecular complexity index is 716. The van der Waals surface area contributed by atoms with Crippen LogP contribution < -0.4 is 5.43 Å². The second-order valence-electron chi connectivity index (χ2n) is 4.19. The summed E-state index contributed by atoms with van der Waals surface area (Å²) in [6.07, 6.45) is 1.64. The fraction of sp³-hybridized carbons (Fsp3) is 0.0714. The summed E-state index contributed by atoms with van der Waals surface area (Å²) in [5.74, 6) is -0.0308. The molecule has 4 nitrogen and oxygen atoms in total. The maximum atomic E-state index is 13.7. The van der Waals surface area contributed by atoms with Gasteiger partial charge in [-0.05, 0) is 30.3 Å². The first-order valence-corrected chi connectivity index (χ1v) is 7.11. The molecule has 0 spiro atoms. The number of halogens is 2. The number of aliphatic imine (C=N–C) groups is 1. The summed E-state index contributed by atoms with van der Waals surface area (Å²) >= 11 is 1.35. The van der Waals surface area contributed by atoms with E-state index >= 15 is 0 Å². The molecule has 2 aromatic rings. The number of nitrogens with zero attached hydrogens (tertiary/aromatic N) is 3. The molecule has 0 saturated carbocycles. The van der Waals surface area contributed by atoms with Crippen molar-refractivity contribution in [2.24, 2.45) is 10.1 Å². The van der Waals surface area contributed by atoms with Crippen molar-refractivity contribution in [3.63, 3.8) is 0 Å². The number of benzene rings is 1. The fourth-order valence-corrected chi connectivity index (χ4v) is 2.52.